The molecule has 0 aliphatic heterocycles. The van der Waals surface area contributed by atoms with Crippen LogP contribution in [0.25, 0.3) is 0 Å². The second kappa shape index (κ2) is 9.46. The van der Waals surface area contributed by atoms with Crippen LogP contribution < -0.4 is 10.6 Å². The summed E-state index contributed by atoms with van der Waals surface area (Å²) >= 11 is 0. The number of carbonyl (C=O) groups is 1. The Morgan fingerprint density at radius 2 is 2.09 bits per heavy atom. The molecule has 1 fully saturated rings. The van der Waals surface area contributed by atoms with E-state index in [0.29, 0.717) is 12.6 Å². The minimum Gasteiger partial charge on any atom is -0.378 e. The van der Waals surface area contributed by atoms with Crippen LogP contribution in [0.5, 0.6) is 0 Å². The number of aryl methyl sites for hydroxylation is 1. The van der Waals surface area contributed by atoms with E-state index >= 15 is 0 Å². The lowest BCUT2D eigenvalue weighted by Gasteiger charge is -2.21. The zero-order valence-electron chi connectivity index (χ0n) is 13.6. The summed E-state index contributed by atoms with van der Waals surface area (Å²) in [6, 6.07) is 7.79. The van der Waals surface area contributed by atoms with Gasteiger partial charge in [0.1, 0.15) is 0 Å². The van der Waals surface area contributed by atoms with Crippen molar-refractivity contribution in [3.8, 4) is 0 Å². The van der Waals surface area contributed by atoms with Gasteiger partial charge >= 0.3 is 6.03 Å². The Morgan fingerprint density at radius 1 is 1.27 bits per heavy atom. The molecule has 0 aromatic heterocycles. The predicted octanol–water partition coefficient (Wildman–Crippen LogP) is 4.11. The Balaban J connectivity index is 1.57. The van der Waals surface area contributed by atoms with Gasteiger partial charge in [-0.25, -0.2) is 4.79 Å². The van der Waals surface area contributed by atoms with E-state index in [4.69, 9.17) is 4.74 Å². The number of carbonyl (C=O) groups excluding carboxylic acids is 1. The Bertz CT molecular complexity index is 456. The highest BCUT2D eigenvalue weighted by Crippen LogP contribution is 2.20. The summed E-state index contributed by atoms with van der Waals surface area (Å²) in [7, 11) is 0. The third-order valence-electron chi connectivity index (χ3n) is 4.11. The second-order valence-electron chi connectivity index (χ2n) is 5.92. The van der Waals surface area contributed by atoms with Gasteiger partial charge in [0.25, 0.3) is 0 Å². The van der Waals surface area contributed by atoms with Gasteiger partial charge < -0.3 is 15.4 Å². The average Bonchev–Trinajstić information content (AvgIpc) is 2.55. The molecular formula is C18H28N2O2. The molecule has 1 aliphatic rings. The van der Waals surface area contributed by atoms with E-state index in [1.807, 2.05) is 18.2 Å². The number of amides is 2. The van der Waals surface area contributed by atoms with Gasteiger partial charge in [-0.3, -0.25) is 0 Å². The van der Waals surface area contributed by atoms with Crippen LogP contribution in [-0.4, -0.2) is 25.3 Å². The molecule has 1 aliphatic carbocycles. The molecule has 2 rings (SSSR count). The minimum atomic E-state index is -0.147. The highest BCUT2D eigenvalue weighted by atomic mass is 16.5. The largest absolute Gasteiger partial charge is 0.378 e. The zero-order valence-corrected chi connectivity index (χ0v) is 13.6. The monoisotopic (exact) mass is 304 g/mol. The molecule has 0 saturated heterocycles. The van der Waals surface area contributed by atoms with Gasteiger partial charge in [-0.2, -0.15) is 0 Å². The van der Waals surface area contributed by atoms with Gasteiger partial charge in [-0.05, 0) is 43.4 Å². The lowest BCUT2D eigenvalue weighted by molar-refractivity contribution is 0.0276. The maximum Gasteiger partial charge on any atom is 0.319 e. The fourth-order valence-corrected chi connectivity index (χ4v) is 2.80. The lowest BCUT2D eigenvalue weighted by atomic mass is 9.98. The quantitative estimate of drug-likeness (QED) is 0.745. The van der Waals surface area contributed by atoms with Gasteiger partial charge in [0.2, 0.25) is 0 Å². The summed E-state index contributed by atoms with van der Waals surface area (Å²) in [6.07, 6.45) is 8.60. The maximum atomic E-state index is 11.8. The van der Waals surface area contributed by atoms with Crippen molar-refractivity contribution in [3.63, 3.8) is 0 Å². The normalized spacial score (nSPS) is 15.5. The van der Waals surface area contributed by atoms with Gasteiger partial charge in [0.05, 0.1) is 6.10 Å². The molecule has 1 aromatic rings. The van der Waals surface area contributed by atoms with Crippen LogP contribution >= 0.6 is 0 Å². The first kappa shape index (κ1) is 16.8. The molecule has 0 unspecified atom stereocenters. The molecule has 1 saturated carbocycles. The van der Waals surface area contributed by atoms with Crippen LogP contribution in [0, 0.1) is 0 Å². The second-order valence-corrected chi connectivity index (χ2v) is 5.92. The van der Waals surface area contributed by atoms with Crippen LogP contribution in [-0.2, 0) is 11.2 Å². The number of benzene rings is 1. The first-order valence-electron chi connectivity index (χ1n) is 8.53. The summed E-state index contributed by atoms with van der Waals surface area (Å²) in [6.45, 7) is 3.48. The van der Waals surface area contributed by atoms with Crippen molar-refractivity contribution in [1.29, 1.82) is 0 Å². The first-order chi connectivity index (χ1) is 10.8. The zero-order chi connectivity index (χ0) is 15.6. The topological polar surface area (TPSA) is 50.4 Å². The lowest BCUT2D eigenvalue weighted by Crippen LogP contribution is -2.30. The van der Waals surface area contributed by atoms with E-state index in [-0.39, 0.29) is 6.03 Å². The van der Waals surface area contributed by atoms with E-state index in [2.05, 4.69) is 23.6 Å². The summed E-state index contributed by atoms with van der Waals surface area (Å²) in [5.41, 5.74) is 2.06. The molecule has 2 N–H and O–H groups in total. The number of hydrogen-bond acceptors (Lipinski definition) is 2. The SMILES string of the molecule is CCc1cccc(NC(=O)NCCCOC2CCCCC2)c1. The van der Waals surface area contributed by atoms with Gasteiger partial charge in [0.15, 0.2) is 0 Å². The van der Waals surface area contributed by atoms with Crippen molar-refractivity contribution in [1.82, 2.24) is 5.32 Å². The number of urea groups is 1. The van der Waals surface area contributed by atoms with E-state index < -0.39 is 0 Å². The Labute approximate surface area is 133 Å². The molecule has 22 heavy (non-hydrogen) atoms. The van der Waals surface area contributed by atoms with Crippen LogP contribution in [0.3, 0.4) is 0 Å². The van der Waals surface area contributed by atoms with Crippen LogP contribution in [0.1, 0.15) is 51.0 Å². The Morgan fingerprint density at radius 3 is 2.86 bits per heavy atom. The summed E-state index contributed by atoms with van der Waals surface area (Å²) in [4.78, 5) is 11.8. The van der Waals surface area contributed by atoms with Crippen molar-refractivity contribution in [3.05, 3.63) is 29.8 Å². The fourth-order valence-electron chi connectivity index (χ4n) is 2.80. The minimum absolute atomic E-state index is 0.147. The number of ether oxygens (including phenoxy) is 1. The van der Waals surface area contributed by atoms with Crippen molar-refractivity contribution in [2.45, 2.75) is 58.0 Å². The van der Waals surface area contributed by atoms with Crippen molar-refractivity contribution in [2.24, 2.45) is 0 Å². The third kappa shape index (κ3) is 6.06. The number of rotatable bonds is 7. The van der Waals surface area contributed by atoms with Crippen molar-refractivity contribution >= 4 is 11.7 Å². The molecule has 0 heterocycles. The predicted molar refractivity (Wildman–Crippen MR) is 90.3 cm³/mol. The van der Waals surface area contributed by atoms with Crippen LogP contribution in [0.4, 0.5) is 10.5 Å². The van der Waals surface area contributed by atoms with Crippen LogP contribution in [0.2, 0.25) is 0 Å². The highest BCUT2D eigenvalue weighted by molar-refractivity contribution is 5.89. The summed E-state index contributed by atoms with van der Waals surface area (Å²) in [5, 5.41) is 5.74. The average molecular weight is 304 g/mol. The number of nitrogens with one attached hydrogen (secondary N) is 2. The highest BCUT2D eigenvalue weighted by Gasteiger charge is 2.13. The summed E-state index contributed by atoms with van der Waals surface area (Å²) < 4.78 is 5.84. The van der Waals surface area contributed by atoms with E-state index in [9.17, 15) is 4.79 Å². The number of hydrogen-bond donors (Lipinski definition) is 2. The molecule has 1 aromatic carbocycles. The summed E-state index contributed by atoms with van der Waals surface area (Å²) in [5.74, 6) is 0. The number of anilines is 1. The van der Waals surface area contributed by atoms with E-state index in [1.165, 1.54) is 37.7 Å². The molecule has 2 amide bonds. The smallest absolute Gasteiger partial charge is 0.319 e. The maximum absolute atomic E-state index is 11.8. The molecule has 0 bridgehead atoms. The molecule has 0 atom stereocenters. The van der Waals surface area contributed by atoms with Gasteiger partial charge in [0, 0.05) is 18.8 Å². The van der Waals surface area contributed by atoms with E-state index in [1.54, 1.807) is 0 Å². The van der Waals surface area contributed by atoms with Gasteiger partial charge in [-0.1, -0.05) is 38.3 Å². The van der Waals surface area contributed by atoms with Crippen molar-refractivity contribution in [2.75, 3.05) is 18.5 Å². The van der Waals surface area contributed by atoms with Crippen molar-refractivity contribution < 1.29 is 9.53 Å². The molecule has 4 heteroatoms. The molecule has 122 valence electrons. The van der Waals surface area contributed by atoms with Gasteiger partial charge in [-0.15, -0.1) is 0 Å². The van der Waals surface area contributed by atoms with Crippen LogP contribution in [0.15, 0.2) is 24.3 Å². The third-order valence-corrected chi connectivity index (χ3v) is 4.11. The standard InChI is InChI=1S/C18H28N2O2/c1-2-15-8-6-9-16(14-15)20-18(21)19-12-7-13-22-17-10-4-3-5-11-17/h6,8-9,14,17H,2-5,7,10-13H2,1H3,(H2,19,20,21). The Kier molecular flexibility index (Phi) is 7.23. The molecular weight excluding hydrogens is 276 g/mol. The molecule has 0 radical (unpaired) electrons. The fraction of sp³-hybridized carbons (Fsp3) is 0.611. The molecule has 0 spiro atoms. The molecule has 4 nitrogen and oxygen atoms in total. The Hall–Kier alpha value is -1.55. The first-order valence-corrected chi connectivity index (χ1v) is 8.53. The van der Waals surface area contributed by atoms with E-state index in [0.717, 1.165) is 25.1 Å².